The lowest BCUT2D eigenvalue weighted by Gasteiger charge is -2.23. The van der Waals surface area contributed by atoms with Crippen molar-refractivity contribution in [2.24, 2.45) is 0 Å². The number of hydrogen-bond donors (Lipinski definition) is 2. The highest BCUT2D eigenvalue weighted by Gasteiger charge is 2.13. The van der Waals surface area contributed by atoms with Crippen LogP contribution in [0.25, 0.3) is 0 Å². The molecule has 0 saturated carbocycles. The molecule has 15 heavy (non-hydrogen) atoms. The minimum absolute atomic E-state index is 0.395. The molecule has 1 aliphatic rings. The van der Waals surface area contributed by atoms with Crippen molar-refractivity contribution in [3.05, 3.63) is 18.0 Å². The summed E-state index contributed by atoms with van der Waals surface area (Å²) >= 11 is 0. The average Bonchev–Trinajstić information content (AvgIpc) is 2.31. The highest BCUT2D eigenvalue weighted by molar-refractivity contribution is 5.31. The first-order chi connectivity index (χ1) is 7.38. The number of hydrogen-bond acceptors (Lipinski definition) is 5. The lowest BCUT2D eigenvalue weighted by Crippen LogP contribution is -2.38. The third kappa shape index (κ3) is 2.64. The molecule has 5 nitrogen and oxygen atoms in total. The Morgan fingerprint density at radius 3 is 2.87 bits per heavy atom. The molecular formula is C10H13N5. The third-order valence-corrected chi connectivity index (χ3v) is 2.41. The van der Waals surface area contributed by atoms with E-state index in [2.05, 4.69) is 20.6 Å². The van der Waals surface area contributed by atoms with Gasteiger partial charge < -0.3 is 10.6 Å². The Labute approximate surface area is 88.5 Å². The van der Waals surface area contributed by atoms with Gasteiger partial charge >= 0.3 is 0 Å². The van der Waals surface area contributed by atoms with Crippen LogP contribution in [0.1, 0.15) is 18.4 Å². The molecule has 78 valence electrons. The molecule has 0 aliphatic carbocycles. The van der Waals surface area contributed by atoms with Crippen LogP contribution in [0.2, 0.25) is 0 Å². The van der Waals surface area contributed by atoms with Gasteiger partial charge in [0.2, 0.25) is 5.95 Å². The zero-order valence-electron chi connectivity index (χ0n) is 8.40. The maximum Gasteiger partial charge on any atom is 0.222 e. The number of piperidine rings is 1. The van der Waals surface area contributed by atoms with Gasteiger partial charge in [0.05, 0.1) is 18.0 Å². The van der Waals surface area contributed by atoms with Gasteiger partial charge in [0.25, 0.3) is 0 Å². The van der Waals surface area contributed by atoms with Crippen molar-refractivity contribution in [3.63, 3.8) is 0 Å². The fourth-order valence-corrected chi connectivity index (χ4v) is 1.62. The summed E-state index contributed by atoms with van der Waals surface area (Å²) in [6, 6.07) is 2.39. The van der Waals surface area contributed by atoms with Gasteiger partial charge in [-0.15, -0.1) is 0 Å². The van der Waals surface area contributed by atoms with E-state index in [-0.39, 0.29) is 0 Å². The Bertz CT molecular complexity index is 347. The highest BCUT2D eigenvalue weighted by atomic mass is 15.1. The largest absolute Gasteiger partial charge is 0.350 e. The predicted octanol–water partition coefficient (Wildman–Crippen LogP) is 0.512. The van der Waals surface area contributed by atoms with Gasteiger partial charge in [-0.3, -0.25) is 0 Å². The maximum atomic E-state index is 8.59. The number of nitrogens with zero attached hydrogens (tertiary/aromatic N) is 3. The van der Waals surface area contributed by atoms with Gasteiger partial charge in [0.1, 0.15) is 6.07 Å². The summed E-state index contributed by atoms with van der Waals surface area (Å²) in [6.45, 7) is 2.04. The topological polar surface area (TPSA) is 73.6 Å². The van der Waals surface area contributed by atoms with Crippen LogP contribution in [0, 0.1) is 11.3 Å². The molecule has 2 heterocycles. The van der Waals surface area contributed by atoms with Gasteiger partial charge in [0.15, 0.2) is 0 Å². The first-order valence-electron chi connectivity index (χ1n) is 5.08. The Hall–Kier alpha value is -1.67. The summed E-state index contributed by atoms with van der Waals surface area (Å²) in [4.78, 5) is 8.14. The van der Waals surface area contributed by atoms with Crippen molar-refractivity contribution in [1.29, 1.82) is 5.26 Å². The van der Waals surface area contributed by atoms with E-state index in [1.165, 1.54) is 18.8 Å². The van der Waals surface area contributed by atoms with Crippen molar-refractivity contribution in [2.75, 3.05) is 18.4 Å². The summed E-state index contributed by atoms with van der Waals surface area (Å²) in [6.07, 6.45) is 5.38. The predicted molar refractivity (Wildman–Crippen MR) is 56.3 cm³/mol. The van der Waals surface area contributed by atoms with Crippen molar-refractivity contribution < 1.29 is 0 Å². The van der Waals surface area contributed by atoms with E-state index in [0.717, 1.165) is 19.5 Å². The van der Waals surface area contributed by atoms with Crippen LogP contribution in [-0.4, -0.2) is 29.1 Å². The third-order valence-electron chi connectivity index (χ3n) is 2.41. The van der Waals surface area contributed by atoms with Gasteiger partial charge in [-0.2, -0.15) is 5.26 Å². The Morgan fingerprint density at radius 2 is 2.27 bits per heavy atom. The lowest BCUT2D eigenvalue weighted by molar-refractivity contribution is 0.478. The van der Waals surface area contributed by atoms with Crippen LogP contribution in [0.5, 0.6) is 0 Å². The van der Waals surface area contributed by atoms with Crippen LogP contribution in [0.3, 0.4) is 0 Å². The molecule has 0 bridgehead atoms. The Morgan fingerprint density at radius 1 is 1.47 bits per heavy atom. The molecule has 1 atom stereocenters. The van der Waals surface area contributed by atoms with E-state index >= 15 is 0 Å². The smallest absolute Gasteiger partial charge is 0.222 e. The summed E-state index contributed by atoms with van der Waals surface area (Å²) in [7, 11) is 0. The lowest BCUT2D eigenvalue weighted by atomic mass is 10.1. The molecule has 1 aromatic heterocycles. The van der Waals surface area contributed by atoms with Gasteiger partial charge in [-0.1, -0.05) is 0 Å². The first-order valence-corrected chi connectivity index (χ1v) is 5.08. The number of rotatable bonds is 2. The van der Waals surface area contributed by atoms with E-state index in [4.69, 9.17) is 5.26 Å². The van der Waals surface area contributed by atoms with E-state index in [1.54, 1.807) is 0 Å². The van der Waals surface area contributed by atoms with E-state index in [1.807, 2.05) is 6.07 Å². The van der Waals surface area contributed by atoms with Crippen LogP contribution < -0.4 is 10.6 Å². The Balaban J connectivity index is 1.95. The molecule has 1 aliphatic heterocycles. The molecule has 1 aromatic rings. The number of aromatic nitrogens is 2. The van der Waals surface area contributed by atoms with Crippen molar-refractivity contribution in [3.8, 4) is 6.07 Å². The SMILES string of the molecule is N#Cc1cnc(NC2CCCNC2)nc1. The van der Waals surface area contributed by atoms with Crippen LogP contribution in [0.4, 0.5) is 5.95 Å². The van der Waals surface area contributed by atoms with E-state index in [0.29, 0.717) is 17.6 Å². The minimum Gasteiger partial charge on any atom is -0.350 e. The van der Waals surface area contributed by atoms with Crippen molar-refractivity contribution >= 4 is 5.95 Å². The second-order valence-electron chi connectivity index (χ2n) is 3.59. The first kappa shape index (κ1) is 9.87. The maximum absolute atomic E-state index is 8.59. The fraction of sp³-hybridized carbons (Fsp3) is 0.500. The van der Waals surface area contributed by atoms with Crippen molar-refractivity contribution in [1.82, 2.24) is 15.3 Å². The average molecular weight is 203 g/mol. The molecule has 1 fully saturated rings. The highest BCUT2D eigenvalue weighted by Crippen LogP contribution is 2.07. The van der Waals surface area contributed by atoms with Crippen LogP contribution in [0.15, 0.2) is 12.4 Å². The molecule has 0 amide bonds. The van der Waals surface area contributed by atoms with Gasteiger partial charge in [0, 0.05) is 12.6 Å². The van der Waals surface area contributed by atoms with Crippen molar-refractivity contribution in [2.45, 2.75) is 18.9 Å². The number of nitriles is 1. The molecule has 2 rings (SSSR count). The second-order valence-corrected chi connectivity index (χ2v) is 3.59. The standard InChI is InChI=1S/C10H13N5/c11-4-8-5-13-10(14-6-8)15-9-2-1-3-12-7-9/h5-6,9,12H,1-3,7H2,(H,13,14,15). The van der Waals surface area contributed by atoms with Gasteiger partial charge in [-0.25, -0.2) is 9.97 Å². The summed E-state index contributed by atoms with van der Waals surface area (Å²) in [5, 5.41) is 15.1. The molecule has 1 unspecified atom stereocenters. The number of anilines is 1. The Kier molecular flexibility index (Phi) is 3.10. The molecular weight excluding hydrogens is 190 g/mol. The monoisotopic (exact) mass is 203 g/mol. The minimum atomic E-state index is 0.395. The number of nitrogens with one attached hydrogen (secondary N) is 2. The second kappa shape index (κ2) is 4.71. The van der Waals surface area contributed by atoms with E-state index < -0.39 is 0 Å². The van der Waals surface area contributed by atoms with Gasteiger partial charge in [-0.05, 0) is 19.4 Å². The molecule has 5 heteroatoms. The van der Waals surface area contributed by atoms with Crippen LogP contribution in [-0.2, 0) is 0 Å². The molecule has 2 N–H and O–H groups in total. The summed E-state index contributed by atoms with van der Waals surface area (Å²) < 4.78 is 0. The zero-order valence-corrected chi connectivity index (χ0v) is 8.40. The van der Waals surface area contributed by atoms with Crippen LogP contribution >= 0.6 is 0 Å². The fourth-order valence-electron chi connectivity index (χ4n) is 1.62. The summed E-state index contributed by atoms with van der Waals surface area (Å²) in [5.41, 5.74) is 0.488. The summed E-state index contributed by atoms with van der Waals surface area (Å²) in [5.74, 6) is 0.600. The normalized spacial score (nSPS) is 20.6. The molecule has 0 radical (unpaired) electrons. The molecule has 0 aromatic carbocycles. The molecule has 1 saturated heterocycles. The molecule has 0 spiro atoms. The van der Waals surface area contributed by atoms with E-state index in [9.17, 15) is 0 Å². The zero-order chi connectivity index (χ0) is 10.5. The quantitative estimate of drug-likeness (QED) is 0.732.